The summed E-state index contributed by atoms with van der Waals surface area (Å²) in [6.45, 7) is 0. The highest BCUT2D eigenvalue weighted by molar-refractivity contribution is 9.10. The van der Waals surface area contributed by atoms with Gasteiger partial charge in [-0.3, -0.25) is 4.79 Å². The van der Waals surface area contributed by atoms with Crippen molar-refractivity contribution in [1.29, 1.82) is 0 Å². The zero-order valence-electron chi connectivity index (χ0n) is 7.39. The Hall–Kier alpha value is -1.14. The smallest absolute Gasteiger partial charge is 0.163 e. The van der Waals surface area contributed by atoms with Crippen LogP contribution in [-0.4, -0.2) is 5.78 Å². The first-order valence-corrected chi connectivity index (χ1v) is 4.85. The maximum atomic E-state index is 12.9. The number of Topliss-reactive ketones (excluding diaryl/α,β-unsaturated/α-hetero) is 1. The Balaban J connectivity index is 2.85. The molecule has 0 aliphatic heterocycles. The fourth-order valence-corrected chi connectivity index (χ4v) is 1.51. The minimum Gasteiger partial charge on any atom is -0.294 e. The van der Waals surface area contributed by atoms with Gasteiger partial charge in [0.2, 0.25) is 0 Å². The zero-order valence-corrected chi connectivity index (χ0v) is 8.97. The van der Waals surface area contributed by atoms with Gasteiger partial charge in [-0.1, -0.05) is 15.9 Å². The predicted molar refractivity (Wildman–Crippen MR) is 56.5 cm³/mol. The second kappa shape index (κ2) is 4.92. The summed E-state index contributed by atoms with van der Waals surface area (Å²) in [5.41, 5.74) is 0.354. The molecule has 0 amide bonds. The van der Waals surface area contributed by atoms with E-state index in [0.717, 1.165) is 0 Å². The van der Waals surface area contributed by atoms with Gasteiger partial charge in [-0.25, -0.2) is 4.39 Å². The lowest BCUT2D eigenvalue weighted by Gasteiger charge is -2.00. The second-order valence-corrected chi connectivity index (χ2v) is 3.70. The predicted octanol–water partition coefficient (Wildman–Crippen LogP) is 3.18. The third-order valence-corrected chi connectivity index (χ3v) is 2.14. The quantitative estimate of drug-likeness (QED) is 0.598. The Morgan fingerprint density at radius 3 is 2.79 bits per heavy atom. The van der Waals surface area contributed by atoms with Gasteiger partial charge in [0.15, 0.2) is 5.78 Å². The molecular formula is C11H8BrFO. The van der Waals surface area contributed by atoms with E-state index in [4.69, 9.17) is 6.42 Å². The fraction of sp³-hybridized carbons (Fsp3) is 0.182. The summed E-state index contributed by atoms with van der Waals surface area (Å²) >= 11 is 3.12. The van der Waals surface area contributed by atoms with Crippen molar-refractivity contribution in [1.82, 2.24) is 0 Å². The highest BCUT2D eigenvalue weighted by atomic mass is 79.9. The number of carbonyl (C=O) groups excluding carboxylic acids is 1. The van der Waals surface area contributed by atoms with Gasteiger partial charge >= 0.3 is 0 Å². The van der Waals surface area contributed by atoms with E-state index in [1.807, 2.05) is 0 Å². The SMILES string of the molecule is C#CCCC(=O)c1cc(F)cc(Br)c1. The molecule has 0 heterocycles. The van der Waals surface area contributed by atoms with Crippen LogP contribution in [0.5, 0.6) is 0 Å². The molecule has 0 fully saturated rings. The Kier molecular flexibility index (Phi) is 3.84. The molecule has 1 rings (SSSR count). The van der Waals surface area contributed by atoms with Crippen molar-refractivity contribution in [2.45, 2.75) is 12.8 Å². The van der Waals surface area contributed by atoms with Crippen LogP contribution in [0.1, 0.15) is 23.2 Å². The monoisotopic (exact) mass is 254 g/mol. The van der Waals surface area contributed by atoms with Crippen molar-refractivity contribution < 1.29 is 9.18 Å². The van der Waals surface area contributed by atoms with Crippen LogP contribution in [0.3, 0.4) is 0 Å². The molecule has 1 aromatic rings. The maximum absolute atomic E-state index is 12.9. The maximum Gasteiger partial charge on any atom is 0.163 e. The lowest BCUT2D eigenvalue weighted by molar-refractivity contribution is 0.0984. The Bertz CT molecular complexity index is 373. The number of rotatable bonds is 3. The average molecular weight is 255 g/mol. The van der Waals surface area contributed by atoms with Crippen LogP contribution in [-0.2, 0) is 0 Å². The van der Waals surface area contributed by atoms with Gasteiger partial charge in [-0.05, 0) is 18.2 Å². The molecule has 0 saturated heterocycles. The highest BCUT2D eigenvalue weighted by Crippen LogP contribution is 2.16. The normalized spacial score (nSPS) is 9.50. The molecule has 0 bridgehead atoms. The van der Waals surface area contributed by atoms with E-state index < -0.39 is 5.82 Å². The van der Waals surface area contributed by atoms with Crippen molar-refractivity contribution in [3.8, 4) is 12.3 Å². The number of hydrogen-bond acceptors (Lipinski definition) is 1. The third kappa shape index (κ3) is 2.97. The largest absolute Gasteiger partial charge is 0.294 e. The lowest BCUT2D eigenvalue weighted by atomic mass is 10.1. The Morgan fingerprint density at radius 2 is 2.21 bits per heavy atom. The second-order valence-electron chi connectivity index (χ2n) is 2.79. The number of terminal acetylenes is 1. The van der Waals surface area contributed by atoms with E-state index in [2.05, 4.69) is 21.9 Å². The number of ketones is 1. The summed E-state index contributed by atoms with van der Waals surface area (Å²) in [5.74, 6) is 1.81. The van der Waals surface area contributed by atoms with E-state index >= 15 is 0 Å². The van der Waals surface area contributed by atoms with Crippen LogP contribution in [0.4, 0.5) is 4.39 Å². The van der Waals surface area contributed by atoms with Crippen LogP contribution in [0.25, 0.3) is 0 Å². The topological polar surface area (TPSA) is 17.1 Å². The first-order valence-electron chi connectivity index (χ1n) is 4.06. The molecule has 0 spiro atoms. The minimum atomic E-state index is -0.427. The summed E-state index contributed by atoms with van der Waals surface area (Å²) in [7, 11) is 0. The van der Waals surface area contributed by atoms with Gasteiger partial charge in [0.05, 0.1) is 0 Å². The standard InChI is InChI=1S/C11H8BrFO/c1-2-3-4-11(14)8-5-9(12)7-10(13)6-8/h1,5-7H,3-4H2. The molecule has 0 unspecified atom stereocenters. The molecule has 0 saturated carbocycles. The number of benzene rings is 1. The molecular weight excluding hydrogens is 247 g/mol. The summed E-state index contributed by atoms with van der Waals surface area (Å²) < 4.78 is 13.4. The van der Waals surface area contributed by atoms with Crippen molar-refractivity contribution in [2.24, 2.45) is 0 Å². The molecule has 0 aliphatic carbocycles. The number of hydrogen-bond donors (Lipinski definition) is 0. The molecule has 14 heavy (non-hydrogen) atoms. The Labute approximate surface area is 90.4 Å². The summed E-state index contributed by atoms with van der Waals surface area (Å²) in [5, 5.41) is 0. The van der Waals surface area contributed by atoms with Gasteiger partial charge in [0.25, 0.3) is 0 Å². The van der Waals surface area contributed by atoms with Gasteiger partial charge in [-0.15, -0.1) is 12.3 Å². The minimum absolute atomic E-state index is 0.136. The molecule has 0 radical (unpaired) electrons. The van der Waals surface area contributed by atoms with Crippen LogP contribution < -0.4 is 0 Å². The van der Waals surface area contributed by atoms with Crippen molar-refractivity contribution in [3.63, 3.8) is 0 Å². The summed E-state index contributed by atoms with van der Waals surface area (Å²) in [4.78, 5) is 11.4. The Morgan fingerprint density at radius 1 is 1.50 bits per heavy atom. The molecule has 1 aromatic carbocycles. The van der Waals surface area contributed by atoms with Gasteiger partial charge in [0, 0.05) is 22.9 Å². The molecule has 1 nitrogen and oxygen atoms in total. The van der Waals surface area contributed by atoms with E-state index in [-0.39, 0.29) is 12.2 Å². The van der Waals surface area contributed by atoms with Crippen LogP contribution in [0.15, 0.2) is 22.7 Å². The fourth-order valence-electron chi connectivity index (χ4n) is 1.04. The molecule has 0 aromatic heterocycles. The number of carbonyl (C=O) groups is 1. The summed E-state index contributed by atoms with van der Waals surface area (Å²) in [6.07, 6.45) is 5.67. The van der Waals surface area contributed by atoms with Gasteiger partial charge in [-0.2, -0.15) is 0 Å². The van der Waals surface area contributed by atoms with Crippen LogP contribution >= 0.6 is 15.9 Å². The molecule has 0 N–H and O–H groups in total. The molecule has 3 heteroatoms. The van der Waals surface area contributed by atoms with Crippen molar-refractivity contribution in [2.75, 3.05) is 0 Å². The lowest BCUT2D eigenvalue weighted by Crippen LogP contribution is -1.99. The van der Waals surface area contributed by atoms with E-state index in [1.165, 1.54) is 12.1 Å². The van der Waals surface area contributed by atoms with Crippen LogP contribution in [0.2, 0.25) is 0 Å². The zero-order chi connectivity index (χ0) is 10.6. The van der Waals surface area contributed by atoms with Gasteiger partial charge < -0.3 is 0 Å². The first kappa shape index (κ1) is 10.9. The first-order chi connectivity index (χ1) is 6.63. The van der Waals surface area contributed by atoms with Crippen molar-refractivity contribution >= 4 is 21.7 Å². The highest BCUT2D eigenvalue weighted by Gasteiger charge is 2.07. The van der Waals surface area contributed by atoms with E-state index in [1.54, 1.807) is 6.07 Å². The van der Waals surface area contributed by atoms with Gasteiger partial charge in [0.1, 0.15) is 5.82 Å². The summed E-state index contributed by atoms with van der Waals surface area (Å²) in [6, 6.07) is 4.10. The molecule has 0 aliphatic rings. The molecule has 0 atom stereocenters. The van der Waals surface area contributed by atoms with Crippen molar-refractivity contribution in [3.05, 3.63) is 34.1 Å². The third-order valence-electron chi connectivity index (χ3n) is 1.68. The molecule has 72 valence electrons. The van der Waals surface area contributed by atoms with Crippen LogP contribution in [0, 0.1) is 18.2 Å². The average Bonchev–Trinajstić information content (AvgIpc) is 2.12. The van der Waals surface area contributed by atoms with E-state index in [0.29, 0.717) is 16.5 Å². The van der Waals surface area contributed by atoms with E-state index in [9.17, 15) is 9.18 Å². The number of halogens is 2.